The number of amides is 1. The van der Waals surface area contributed by atoms with Crippen LogP contribution in [0.3, 0.4) is 0 Å². The van der Waals surface area contributed by atoms with Crippen LogP contribution in [0.1, 0.15) is 26.3 Å². The van der Waals surface area contributed by atoms with Crippen molar-refractivity contribution in [3.05, 3.63) is 35.9 Å². The Labute approximate surface area is 112 Å². The molecule has 106 valence electrons. The van der Waals surface area contributed by atoms with E-state index in [0.29, 0.717) is 5.56 Å². The molecule has 6 nitrogen and oxygen atoms in total. The SMILES string of the molecule is CC(C)(C)OC(=O)NOP(=O)(O)Cc1ccccc1. The second-order valence-electron chi connectivity index (χ2n) is 4.98. The van der Waals surface area contributed by atoms with Gasteiger partial charge in [0, 0.05) is 0 Å². The predicted molar refractivity (Wildman–Crippen MR) is 70.4 cm³/mol. The molecule has 0 aliphatic heterocycles. The van der Waals surface area contributed by atoms with Crippen LogP contribution in [-0.4, -0.2) is 16.6 Å². The maximum Gasteiger partial charge on any atom is 0.432 e. The number of ether oxygens (including phenoxy) is 1. The predicted octanol–water partition coefficient (Wildman–Crippen LogP) is 2.83. The smallest absolute Gasteiger partial charge is 0.432 e. The van der Waals surface area contributed by atoms with Crippen molar-refractivity contribution >= 4 is 13.7 Å². The molecule has 1 atom stereocenters. The Bertz CT molecular complexity index is 469. The molecule has 1 unspecified atom stereocenters. The molecule has 1 amide bonds. The number of hydrogen-bond acceptors (Lipinski definition) is 4. The first-order valence-electron chi connectivity index (χ1n) is 5.71. The lowest BCUT2D eigenvalue weighted by Gasteiger charge is -2.20. The average molecular weight is 287 g/mol. The zero-order valence-electron chi connectivity index (χ0n) is 11.1. The first-order valence-corrected chi connectivity index (χ1v) is 7.47. The fourth-order valence-corrected chi connectivity index (χ4v) is 2.21. The molecule has 0 heterocycles. The van der Waals surface area contributed by atoms with Crippen molar-refractivity contribution in [1.82, 2.24) is 5.48 Å². The fraction of sp³-hybridized carbons (Fsp3) is 0.417. The monoisotopic (exact) mass is 287 g/mol. The number of hydroxylamine groups is 1. The molecule has 0 saturated heterocycles. The Morgan fingerprint density at radius 3 is 2.42 bits per heavy atom. The van der Waals surface area contributed by atoms with Crippen molar-refractivity contribution in [1.29, 1.82) is 0 Å². The van der Waals surface area contributed by atoms with Gasteiger partial charge in [-0.1, -0.05) is 30.3 Å². The van der Waals surface area contributed by atoms with E-state index in [1.807, 2.05) is 5.48 Å². The minimum atomic E-state index is -3.95. The average Bonchev–Trinajstić information content (AvgIpc) is 2.25. The van der Waals surface area contributed by atoms with Crippen molar-refractivity contribution in [2.45, 2.75) is 32.5 Å². The van der Waals surface area contributed by atoms with E-state index in [1.165, 1.54) is 0 Å². The van der Waals surface area contributed by atoms with Gasteiger partial charge in [0.05, 0.1) is 6.16 Å². The van der Waals surface area contributed by atoms with E-state index in [2.05, 4.69) is 4.62 Å². The summed E-state index contributed by atoms with van der Waals surface area (Å²) < 4.78 is 21.1. The van der Waals surface area contributed by atoms with E-state index in [9.17, 15) is 14.3 Å². The minimum Gasteiger partial charge on any atom is -0.442 e. The third-order valence-electron chi connectivity index (χ3n) is 1.90. The zero-order valence-corrected chi connectivity index (χ0v) is 12.0. The van der Waals surface area contributed by atoms with Crippen LogP contribution in [0.5, 0.6) is 0 Å². The van der Waals surface area contributed by atoms with E-state index in [1.54, 1.807) is 51.1 Å². The molecule has 7 heteroatoms. The number of nitrogens with one attached hydrogen (secondary N) is 1. The van der Waals surface area contributed by atoms with Crippen molar-refractivity contribution in [3.63, 3.8) is 0 Å². The first kappa shape index (κ1) is 15.7. The molecule has 2 N–H and O–H groups in total. The van der Waals surface area contributed by atoms with E-state index in [-0.39, 0.29) is 6.16 Å². The number of carbonyl (C=O) groups is 1. The molecule has 0 saturated carbocycles. The van der Waals surface area contributed by atoms with Crippen LogP contribution in [0.25, 0.3) is 0 Å². The van der Waals surface area contributed by atoms with Gasteiger partial charge in [-0.2, -0.15) is 10.1 Å². The van der Waals surface area contributed by atoms with Crippen LogP contribution in [0.2, 0.25) is 0 Å². The first-order chi connectivity index (χ1) is 8.68. The van der Waals surface area contributed by atoms with Crippen LogP contribution in [0.15, 0.2) is 30.3 Å². The summed E-state index contributed by atoms with van der Waals surface area (Å²) in [6.07, 6.45) is -1.10. The molecular weight excluding hydrogens is 269 g/mol. The summed E-state index contributed by atoms with van der Waals surface area (Å²) in [5.74, 6) is 0. The summed E-state index contributed by atoms with van der Waals surface area (Å²) in [6.45, 7) is 5.03. The van der Waals surface area contributed by atoms with Crippen molar-refractivity contribution in [3.8, 4) is 0 Å². The molecule has 0 spiro atoms. The van der Waals surface area contributed by atoms with Gasteiger partial charge in [0.15, 0.2) is 0 Å². The summed E-state index contributed by atoms with van der Waals surface area (Å²) in [6, 6.07) is 8.68. The highest BCUT2D eigenvalue weighted by atomic mass is 31.2. The molecular formula is C12H18NO5P. The maximum absolute atomic E-state index is 11.7. The van der Waals surface area contributed by atoms with Gasteiger partial charge in [-0.3, -0.25) is 4.57 Å². The van der Waals surface area contributed by atoms with Crippen molar-refractivity contribution in [2.75, 3.05) is 0 Å². The number of carbonyl (C=O) groups excluding carboxylic acids is 1. The summed E-state index contributed by atoms with van der Waals surface area (Å²) in [5, 5.41) is 0. The van der Waals surface area contributed by atoms with E-state index in [4.69, 9.17) is 4.74 Å². The lowest BCUT2D eigenvalue weighted by Crippen LogP contribution is -2.32. The van der Waals surface area contributed by atoms with Crippen LogP contribution < -0.4 is 5.48 Å². The third-order valence-corrected chi connectivity index (χ3v) is 3.04. The Balaban J connectivity index is 2.47. The number of rotatable bonds is 4. The summed E-state index contributed by atoms with van der Waals surface area (Å²) in [7, 11) is -3.95. The molecule has 0 aliphatic rings. The molecule has 1 aromatic carbocycles. The lowest BCUT2D eigenvalue weighted by molar-refractivity contribution is 0.0261. The highest BCUT2D eigenvalue weighted by Gasteiger charge is 2.24. The Hall–Kier alpha value is -1.36. The highest BCUT2D eigenvalue weighted by molar-refractivity contribution is 7.51. The number of benzene rings is 1. The number of hydrogen-bond donors (Lipinski definition) is 2. The van der Waals surface area contributed by atoms with Crippen LogP contribution >= 0.6 is 7.60 Å². The molecule has 1 aromatic rings. The van der Waals surface area contributed by atoms with Gasteiger partial charge in [0.25, 0.3) is 0 Å². The molecule has 19 heavy (non-hydrogen) atoms. The standard InChI is InChI=1S/C12H18NO5P/c1-12(2,3)17-11(14)13-18-19(15,16)9-10-7-5-4-6-8-10/h4-8H,9H2,1-3H3,(H,13,14)(H,15,16). The molecule has 1 rings (SSSR count). The van der Waals surface area contributed by atoms with Gasteiger partial charge in [0.2, 0.25) is 0 Å². The molecule has 0 aliphatic carbocycles. The van der Waals surface area contributed by atoms with Gasteiger partial charge in [-0.05, 0) is 26.3 Å². The maximum atomic E-state index is 11.7. The van der Waals surface area contributed by atoms with Crippen molar-refractivity contribution in [2.24, 2.45) is 0 Å². The van der Waals surface area contributed by atoms with Gasteiger partial charge in [-0.25, -0.2) is 4.79 Å². The van der Waals surface area contributed by atoms with Gasteiger partial charge < -0.3 is 9.63 Å². The van der Waals surface area contributed by atoms with Crippen LogP contribution in [0, 0.1) is 0 Å². The second kappa shape index (κ2) is 6.19. The molecule has 0 bridgehead atoms. The zero-order chi connectivity index (χ0) is 14.5. The van der Waals surface area contributed by atoms with Gasteiger partial charge in [-0.15, -0.1) is 0 Å². The topological polar surface area (TPSA) is 84.9 Å². The largest absolute Gasteiger partial charge is 0.442 e. The fourth-order valence-electron chi connectivity index (χ4n) is 1.25. The summed E-state index contributed by atoms with van der Waals surface area (Å²) in [4.78, 5) is 20.8. The summed E-state index contributed by atoms with van der Waals surface area (Å²) >= 11 is 0. The van der Waals surface area contributed by atoms with E-state index >= 15 is 0 Å². The van der Waals surface area contributed by atoms with Gasteiger partial charge in [0.1, 0.15) is 5.60 Å². The Kier molecular flexibility index (Phi) is 5.11. The van der Waals surface area contributed by atoms with E-state index in [0.717, 1.165) is 0 Å². The van der Waals surface area contributed by atoms with Crippen LogP contribution in [-0.2, 0) is 20.1 Å². The molecule has 0 radical (unpaired) electrons. The highest BCUT2D eigenvalue weighted by Crippen LogP contribution is 2.44. The van der Waals surface area contributed by atoms with Crippen molar-refractivity contribution < 1.29 is 23.6 Å². The third kappa shape index (κ3) is 6.96. The normalized spacial score (nSPS) is 14.5. The molecule has 0 aromatic heterocycles. The minimum absolute atomic E-state index is 0.191. The Morgan fingerprint density at radius 2 is 1.89 bits per heavy atom. The molecule has 0 fully saturated rings. The quantitative estimate of drug-likeness (QED) is 0.657. The summed E-state index contributed by atoms with van der Waals surface area (Å²) in [5.41, 5.74) is 1.76. The second-order valence-corrected chi connectivity index (χ2v) is 6.75. The van der Waals surface area contributed by atoms with E-state index < -0.39 is 19.3 Å². The van der Waals surface area contributed by atoms with Crippen LogP contribution in [0.4, 0.5) is 4.79 Å². The Morgan fingerprint density at radius 1 is 1.32 bits per heavy atom. The lowest BCUT2D eigenvalue weighted by atomic mass is 10.2. The van der Waals surface area contributed by atoms with Gasteiger partial charge >= 0.3 is 13.7 Å².